The number of nitrogens with one attached hydrogen (secondary N) is 2. The zero-order valence-corrected chi connectivity index (χ0v) is 9.59. The lowest BCUT2D eigenvalue weighted by atomic mass is 10.3. The van der Waals surface area contributed by atoms with Gasteiger partial charge < -0.3 is 15.8 Å². The summed E-state index contributed by atoms with van der Waals surface area (Å²) in [5.74, 6) is 0.388. The number of amides is 1. The predicted molar refractivity (Wildman–Crippen MR) is 65.3 cm³/mol. The van der Waals surface area contributed by atoms with Gasteiger partial charge in [-0.3, -0.25) is 4.79 Å². The lowest BCUT2D eigenvalue weighted by molar-refractivity contribution is 0.102. The van der Waals surface area contributed by atoms with Crippen molar-refractivity contribution >= 4 is 11.6 Å². The van der Waals surface area contributed by atoms with Crippen LogP contribution < -0.4 is 15.8 Å². The molecule has 7 nitrogen and oxygen atoms in total. The molecule has 1 aromatic heterocycles. The molecular weight excluding hydrogens is 234 g/mol. The van der Waals surface area contributed by atoms with Crippen LogP contribution in [-0.4, -0.2) is 34.5 Å². The summed E-state index contributed by atoms with van der Waals surface area (Å²) >= 11 is 0. The molecule has 0 saturated carbocycles. The number of benzene rings is 1. The van der Waals surface area contributed by atoms with Crippen molar-refractivity contribution in [2.45, 2.75) is 0 Å². The lowest BCUT2D eigenvalue weighted by Crippen LogP contribution is -2.12. The number of nitrogens with two attached hydrogens (primary N) is 1. The van der Waals surface area contributed by atoms with E-state index < -0.39 is 0 Å². The van der Waals surface area contributed by atoms with E-state index in [-0.39, 0.29) is 11.6 Å². The molecule has 1 heterocycles. The second kappa shape index (κ2) is 5.78. The van der Waals surface area contributed by atoms with Gasteiger partial charge >= 0.3 is 0 Å². The van der Waals surface area contributed by atoms with Gasteiger partial charge in [0.1, 0.15) is 12.4 Å². The number of aromatic nitrogens is 3. The molecule has 0 unspecified atom stereocenters. The largest absolute Gasteiger partial charge is 0.492 e. The van der Waals surface area contributed by atoms with E-state index in [0.29, 0.717) is 24.6 Å². The number of carbonyl (C=O) groups is 1. The summed E-state index contributed by atoms with van der Waals surface area (Å²) in [4.78, 5) is 11.7. The highest BCUT2D eigenvalue weighted by molar-refractivity contribution is 6.02. The predicted octanol–water partition coefficient (Wildman–Crippen LogP) is 0.394. The van der Waals surface area contributed by atoms with Gasteiger partial charge in [0.15, 0.2) is 5.69 Å². The van der Waals surface area contributed by atoms with Gasteiger partial charge in [0, 0.05) is 12.2 Å². The molecule has 0 spiro atoms. The molecule has 2 rings (SSSR count). The molecular formula is C11H13N5O2. The lowest BCUT2D eigenvalue weighted by Gasteiger charge is -2.06. The van der Waals surface area contributed by atoms with E-state index in [1.807, 2.05) is 0 Å². The van der Waals surface area contributed by atoms with Gasteiger partial charge in [0.25, 0.3) is 5.91 Å². The number of hydrogen-bond acceptors (Lipinski definition) is 5. The Bertz CT molecular complexity index is 495. The summed E-state index contributed by atoms with van der Waals surface area (Å²) in [6, 6.07) is 7.00. The Morgan fingerprint density at radius 1 is 1.39 bits per heavy atom. The Kier molecular flexibility index (Phi) is 3.87. The van der Waals surface area contributed by atoms with E-state index in [1.165, 1.54) is 6.20 Å². The van der Waals surface area contributed by atoms with Crippen molar-refractivity contribution in [3.05, 3.63) is 36.2 Å². The fourth-order valence-electron chi connectivity index (χ4n) is 1.32. The van der Waals surface area contributed by atoms with Crippen LogP contribution in [0, 0.1) is 0 Å². The Hall–Kier alpha value is -2.41. The van der Waals surface area contributed by atoms with Crippen LogP contribution in [0.2, 0.25) is 0 Å². The van der Waals surface area contributed by atoms with Crippen LogP contribution in [-0.2, 0) is 0 Å². The SMILES string of the molecule is NCCOc1ccc(NC(=O)c2cn[nH]n2)cc1. The van der Waals surface area contributed by atoms with E-state index in [0.717, 1.165) is 0 Å². The van der Waals surface area contributed by atoms with Crippen molar-refractivity contribution in [1.29, 1.82) is 0 Å². The van der Waals surface area contributed by atoms with E-state index in [9.17, 15) is 4.79 Å². The maximum absolute atomic E-state index is 11.7. The highest BCUT2D eigenvalue weighted by Gasteiger charge is 2.08. The normalized spacial score (nSPS) is 10.1. The number of H-pyrrole nitrogens is 1. The van der Waals surface area contributed by atoms with Crippen molar-refractivity contribution in [3.63, 3.8) is 0 Å². The second-order valence-corrected chi connectivity index (χ2v) is 3.47. The fourth-order valence-corrected chi connectivity index (χ4v) is 1.32. The summed E-state index contributed by atoms with van der Waals surface area (Å²) in [5, 5.41) is 12.3. The first-order valence-corrected chi connectivity index (χ1v) is 5.39. The molecule has 7 heteroatoms. The molecule has 18 heavy (non-hydrogen) atoms. The highest BCUT2D eigenvalue weighted by Crippen LogP contribution is 2.15. The van der Waals surface area contributed by atoms with Gasteiger partial charge in [-0.1, -0.05) is 0 Å². The van der Waals surface area contributed by atoms with E-state index in [2.05, 4.69) is 20.7 Å². The van der Waals surface area contributed by atoms with Crippen molar-refractivity contribution in [2.75, 3.05) is 18.5 Å². The van der Waals surface area contributed by atoms with Gasteiger partial charge in [0.2, 0.25) is 0 Å². The third-order valence-electron chi connectivity index (χ3n) is 2.15. The minimum atomic E-state index is -0.320. The topological polar surface area (TPSA) is 106 Å². The van der Waals surface area contributed by atoms with Gasteiger partial charge in [-0.2, -0.15) is 15.4 Å². The molecule has 0 radical (unpaired) electrons. The van der Waals surface area contributed by atoms with Crippen LogP contribution in [0.1, 0.15) is 10.5 Å². The summed E-state index contributed by atoms with van der Waals surface area (Å²) in [6.45, 7) is 0.926. The molecule has 4 N–H and O–H groups in total. The van der Waals surface area contributed by atoms with E-state index in [1.54, 1.807) is 24.3 Å². The minimum absolute atomic E-state index is 0.235. The number of nitrogens with zero attached hydrogens (tertiary/aromatic N) is 2. The van der Waals surface area contributed by atoms with Crippen LogP contribution in [0.3, 0.4) is 0 Å². The maximum atomic E-state index is 11.7. The Labute approximate surface area is 103 Å². The van der Waals surface area contributed by atoms with Crippen LogP contribution in [0.25, 0.3) is 0 Å². The second-order valence-electron chi connectivity index (χ2n) is 3.47. The van der Waals surface area contributed by atoms with Crippen molar-refractivity contribution < 1.29 is 9.53 Å². The number of aromatic amines is 1. The Morgan fingerprint density at radius 3 is 2.78 bits per heavy atom. The Balaban J connectivity index is 1.96. The first-order valence-electron chi connectivity index (χ1n) is 5.39. The maximum Gasteiger partial charge on any atom is 0.277 e. The number of ether oxygens (including phenoxy) is 1. The zero-order valence-electron chi connectivity index (χ0n) is 9.59. The van der Waals surface area contributed by atoms with Crippen molar-refractivity contribution in [3.8, 4) is 5.75 Å². The van der Waals surface area contributed by atoms with Gasteiger partial charge in [-0.25, -0.2) is 0 Å². The molecule has 0 bridgehead atoms. The first kappa shape index (κ1) is 12.1. The summed E-state index contributed by atoms with van der Waals surface area (Å²) in [6.07, 6.45) is 1.36. The van der Waals surface area contributed by atoms with E-state index in [4.69, 9.17) is 10.5 Å². The number of anilines is 1. The van der Waals surface area contributed by atoms with Gasteiger partial charge in [-0.15, -0.1) is 0 Å². The highest BCUT2D eigenvalue weighted by atomic mass is 16.5. The smallest absolute Gasteiger partial charge is 0.277 e. The summed E-state index contributed by atoms with van der Waals surface area (Å²) < 4.78 is 5.32. The molecule has 0 aliphatic carbocycles. The van der Waals surface area contributed by atoms with Gasteiger partial charge in [0.05, 0.1) is 6.20 Å². The van der Waals surface area contributed by atoms with Crippen molar-refractivity contribution in [2.24, 2.45) is 5.73 Å². The van der Waals surface area contributed by atoms with Crippen LogP contribution in [0.4, 0.5) is 5.69 Å². The monoisotopic (exact) mass is 247 g/mol. The molecule has 94 valence electrons. The Morgan fingerprint density at radius 2 is 2.17 bits per heavy atom. The van der Waals surface area contributed by atoms with Gasteiger partial charge in [-0.05, 0) is 24.3 Å². The molecule has 2 aromatic rings. The third-order valence-corrected chi connectivity index (χ3v) is 2.15. The summed E-state index contributed by atoms with van der Waals surface area (Å²) in [7, 11) is 0. The van der Waals surface area contributed by atoms with Crippen molar-refractivity contribution in [1.82, 2.24) is 15.4 Å². The average Bonchev–Trinajstić information content (AvgIpc) is 2.92. The third kappa shape index (κ3) is 3.05. The van der Waals surface area contributed by atoms with E-state index >= 15 is 0 Å². The number of carbonyl (C=O) groups excluding carboxylic acids is 1. The molecule has 0 atom stereocenters. The first-order chi connectivity index (χ1) is 8.79. The number of rotatable bonds is 5. The molecule has 0 aliphatic rings. The fraction of sp³-hybridized carbons (Fsp3) is 0.182. The van der Waals surface area contributed by atoms with Crippen LogP contribution >= 0.6 is 0 Å². The quantitative estimate of drug-likeness (QED) is 0.708. The molecule has 1 aromatic carbocycles. The standard InChI is InChI=1S/C11H13N5O2/c12-5-6-18-9-3-1-8(2-4-9)14-11(17)10-7-13-16-15-10/h1-4,7H,5-6,12H2,(H,14,17)(H,13,15,16). The minimum Gasteiger partial charge on any atom is -0.492 e. The molecule has 0 saturated heterocycles. The van der Waals surface area contributed by atoms with Crippen LogP contribution in [0.5, 0.6) is 5.75 Å². The molecule has 0 aliphatic heterocycles. The number of hydrogen-bond donors (Lipinski definition) is 3. The molecule has 0 fully saturated rings. The zero-order chi connectivity index (χ0) is 12.8. The van der Waals surface area contributed by atoms with Crippen LogP contribution in [0.15, 0.2) is 30.5 Å². The average molecular weight is 247 g/mol. The molecule has 1 amide bonds. The summed E-state index contributed by atoms with van der Waals surface area (Å²) in [5.41, 5.74) is 6.22.